The lowest BCUT2D eigenvalue weighted by Crippen LogP contribution is -2.37. The zero-order valence-electron chi connectivity index (χ0n) is 17.7. The van der Waals surface area contributed by atoms with Gasteiger partial charge in [-0.3, -0.25) is 9.69 Å². The number of carbonyl (C=O) groups excluding carboxylic acids is 1. The van der Waals surface area contributed by atoms with Crippen LogP contribution >= 0.6 is 11.3 Å². The largest absolute Gasteiger partial charge is 0.367 e. The van der Waals surface area contributed by atoms with E-state index in [-0.39, 0.29) is 11.9 Å². The minimum Gasteiger partial charge on any atom is -0.367 e. The summed E-state index contributed by atoms with van der Waals surface area (Å²) in [4.78, 5) is 19.3. The van der Waals surface area contributed by atoms with Crippen LogP contribution in [-0.4, -0.2) is 30.4 Å². The van der Waals surface area contributed by atoms with Crippen molar-refractivity contribution >= 4 is 28.6 Å². The highest BCUT2D eigenvalue weighted by molar-refractivity contribution is 7.10. The predicted molar refractivity (Wildman–Crippen MR) is 126 cm³/mol. The van der Waals surface area contributed by atoms with Crippen molar-refractivity contribution in [1.29, 1.82) is 0 Å². The van der Waals surface area contributed by atoms with E-state index in [2.05, 4.69) is 52.5 Å². The summed E-state index contributed by atoms with van der Waals surface area (Å²) < 4.78 is 0. The summed E-state index contributed by atoms with van der Waals surface area (Å²) >= 11 is 1.86. The first-order chi connectivity index (χ1) is 14.7. The molecule has 156 valence electrons. The van der Waals surface area contributed by atoms with Gasteiger partial charge in [0.25, 0.3) is 0 Å². The Balaban J connectivity index is 1.47. The van der Waals surface area contributed by atoms with E-state index in [1.165, 1.54) is 16.1 Å². The molecule has 0 radical (unpaired) electrons. The monoisotopic (exact) mass is 419 g/mol. The van der Waals surface area contributed by atoms with Crippen molar-refractivity contribution in [2.45, 2.75) is 32.9 Å². The van der Waals surface area contributed by atoms with E-state index in [4.69, 9.17) is 0 Å². The molecule has 30 heavy (non-hydrogen) atoms. The molecule has 4 rings (SSSR count). The first-order valence-electron chi connectivity index (χ1n) is 10.7. The molecule has 0 fully saturated rings. The van der Waals surface area contributed by atoms with Crippen LogP contribution in [0.1, 0.15) is 35.9 Å². The Morgan fingerprint density at radius 2 is 1.80 bits per heavy atom. The molecule has 2 heterocycles. The smallest absolute Gasteiger partial charge is 0.246 e. The fourth-order valence-corrected chi connectivity index (χ4v) is 5.08. The molecule has 0 aliphatic carbocycles. The maximum Gasteiger partial charge on any atom is 0.246 e. The van der Waals surface area contributed by atoms with Gasteiger partial charge in [0, 0.05) is 29.3 Å². The molecule has 0 saturated heterocycles. The number of fused-ring (bicyclic) bond motifs is 1. The molecule has 0 saturated carbocycles. The predicted octanol–water partition coefficient (Wildman–Crippen LogP) is 5.33. The van der Waals surface area contributed by atoms with Gasteiger partial charge in [-0.05, 0) is 66.3 Å². The fourth-order valence-electron chi connectivity index (χ4n) is 4.19. The number of nitrogens with one attached hydrogen (secondary N) is 1. The molecule has 4 nitrogen and oxygen atoms in total. The summed E-state index contributed by atoms with van der Waals surface area (Å²) in [5, 5.41) is 5.32. The number of benzene rings is 2. The molecule has 3 aromatic rings. The number of hydrogen-bond acceptors (Lipinski definition) is 4. The lowest BCUT2D eigenvalue weighted by molar-refractivity contribution is -0.121. The Morgan fingerprint density at radius 3 is 2.50 bits per heavy atom. The summed E-state index contributed by atoms with van der Waals surface area (Å²) in [5.41, 5.74) is 4.50. The van der Waals surface area contributed by atoms with E-state index in [0.29, 0.717) is 0 Å². The summed E-state index contributed by atoms with van der Waals surface area (Å²) in [5.74, 6) is 0.0125. The first kappa shape index (κ1) is 20.6. The number of carbonyl (C=O) groups is 1. The lowest BCUT2D eigenvalue weighted by atomic mass is 10.0. The Morgan fingerprint density at radius 1 is 1.07 bits per heavy atom. The zero-order valence-corrected chi connectivity index (χ0v) is 18.5. The number of anilines is 2. The zero-order chi connectivity index (χ0) is 20.9. The van der Waals surface area contributed by atoms with Crippen LogP contribution in [0, 0.1) is 0 Å². The van der Waals surface area contributed by atoms with E-state index in [0.717, 1.165) is 43.9 Å². The van der Waals surface area contributed by atoms with Crippen LogP contribution in [0.2, 0.25) is 0 Å². The van der Waals surface area contributed by atoms with E-state index in [1.807, 2.05) is 53.8 Å². The molecule has 5 heteroatoms. The second kappa shape index (κ2) is 9.45. The Kier molecular flexibility index (Phi) is 6.50. The van der Waals surface area contributed by atoms with Crippen molar-refractivity contribution in [3.05, 3.63) is 82.0 Å². The highest BCUT2D eigenvalue weighted by atomic mass is 32.1. The molecular weight excluding hydrogens is 390 g/mol. The van der Waals surface area contributed by atoms with Crippen molar-refractivity contribution in [2.75, 3.05) is 29.9 Å². The number of likely N-dealkylation sites (N-methyl/N-ethyl adjacent to an activating group) is 1. The van der Waals surface area contributed by atoms with Crippen LogP contribution in [0.4, 0.5) is 11.4 Å². The van der Waals surface area contributed by atoms with Gasteiger partial charge in [-0.15, -0.1) is 11.3 Å². The van der Waals surface area contributed by atoms with Gasteiger partial charge in [0.2, 0.25) is 5.91 Å². The van der Waals surface area contributed by atoms with E-state index in [9.17, 15) is 4.79 Å². The Bertz CT molecular complexity index is 964. The van der Waals surface area contributed by atoms with Crippen molar-refractivity contribution in [3.8, 4) is 0 Å². The SMILES string of the molecule is CCN(CC)C(C(=O)Nc1ccc(N2CCc3sccc3C2)cc1)c1ccccc1. The van der Waals surface area contributed by atoms with Crippen molar-refractivity contribution < 1.29 is 4.79 Å². The standard InChI is InChI=1S/C25H29N3OS/c1-3-27(4-2)24(19-8-6-5-7-9-19)25(29)26-21-10-12-22(13-11-21)28-16-14-23-20(18-28)15-17-30-23/h5-13,15,17,24H,3-4,14,16,18H2,1-2H3,(H,26,29). The van der Waals surface area contributed by atoms with Crippen LogP contribution in [0.3, 0.4) is 0 Å². The van der Waals surface area contributed by atoms with Gasteiger partial charge in [-0.2, -0.15) is 0 Å². The van der Waals surface area contributed by atoms with Gasteiger partial charge in [-0.1, -0.05) is 44.2 Å². The highest BCUT2D eigenvalue weighted by Gasteiger charge is 2.26. The van der Waals surface area contributed by atoms with Gasteiger partial charge >= 0.3 is 0 Å². The van der Waals surface area contributed by atoms with Crippen LogP contribution in [-0.2, 0) is 17.8 Å². The summed E-state index contributed by atoms with van der Waals surface area (Å²) in [6.45, 7) is 7.84. The minimum absolute atomic E-state index is 0.0125. The molecule has 1 aliphatic rings. The maximum atomic E-state index is 13.2. The third kappa shape index (κ3) is 4.42. The maximum absolute atomic E-state index is 13.2. The number of hydrogen-bond donors (Lipinski definition) is 1. The van der Waals surface area contributed by atoms with E-state index in [1.54, 1.807) is 0 Å². The van der Waals surface area contributed by atoms with Crippen LogP contribution in [0.15, 0.2) is 66.0 Å². The molecule has 1 aliphatic heterocycles. The van der Waals surface area contributed by atoms with Gasteiger partial charge < -0.3 is 10.2 Å². The third-order valence-electron chi connectivity index (χ3n) is 5.85. The topological polar surface area (TPSA) is 35.6 Å². The molecule has 2 aromatic carbocycles. The quantitative estimate of drug-likeness (QED) is 0.562. The fraction of sp³-hybridized carbons (Fsp3) is 0.320. The van der Waals surface area contributed by atoms with Crippen molar-refractivity contribution in [3.63, 3.8) is 0 Å². The summed E-state index contributed by atoms with van der Waals surface area (Å²) in [7, 11) is 0. The third-order valence-corrected chi connectivity index (χ3v) is 6.87. The number of amides is 1. The normalized spacial score (nSPS) is 14.4. The number of nitrogens with zero attached hydrogens (tertiary/aromatic N) is 2. The van der Waals surface area contributed by atoms with E-state index >= 15 is 0 Å². The first-order valence-corrected chi connectivity index (χ1v) is 11.6. The summed E-state index contributed by atoms with van der Waals surface area (Å²) in [6.07, 6.45) is 1.11. The van der Waals surface area contributed by atoms with Gasteiger partial charge in [-0.25, -0.2) is 0 Å². The number of rotatable bonds is 7. The van der Waals surface area contributed by atoms with Gasteiger partial charge in [0.05, 0.1) is 0 Å². The minimum atomic E-state index is -0.292. The van der Waals surface area contributed by atoms with E-state index < -0.39 is 0 Å². The van der Waals surface area contributed by atoms with Crippen LogP contribution in [0.25, 0.3) is 0 Å². The van der Waals surface area contributed by atoms with Crippen LogP contribution in [0.5, 0.6) is 0 Å². The summed E-state index contributed by atoms with van der Waals surface area (Å²) in [6, 6.07) is 20.2. The molecule has 1 atom stereocenters. The van der Waals surface area contributed by atoms with Gasteiger partial charge in [0.15, 0.2) is 0 Å². The second-order valence-corrected chi connectivity index (χ2v) is 8.61. The number of thiophene rings is 1. The van der Waals surface area contributed by atoms with Crippen LogP contribution < -0.4 is 10.2 Å². The lowest BCUT2D eigenvalue weighted by Gasteiger charge is -2.30. The molecule has 1 unspecified atom stereocenters. The molecular formula is C25H29N3OS. The Hall–Kier alpha value is -2.63. The molecule has 0 spiro atoms. The highest BCUT2D eigenvalue weighted by Crippen LogP contribution is 2.29. The van der Waals surface area contributed by atoms with Crippen molar-refractivity contribution in [1.82, 2.24) is 4.90 Å². The van der Waals surface area contributed by atoms with Gasteiger partial charge in [0.1, 0.15) is 6.04 Å². The molecule has 1 aromatic heterocycles. The Labute approximate surface area is 183 Å². The molecule has 1 N–H and O–H groups in total. The average molecular weight is 420 g/mol. The molecule has 0 bridgehead atoms. The molecule has 1 amide bonds. The van der Waals surface area contributed by atoms with Crippen molar-refractivity contribution in [2.24, 2.45) is 0 Å². The average Bonchev–Trinajstić information content (AvgIpc) is 3.26. The second-order valence-electron chi connectivity index (χ2n) is 7.61.